The van der Waals surface area contributed by atoms with E-state index in [4.69, 9.17) is 14.3 Å². The molecule has 4 N–H and O–H groups in total. The van der Waals surface area contributed by atoms with Crippen LogP contribution in [0.5, 0.6) is 0 Å². The highest BCUT2D eigenvalue weighted by atomic mass is 32.2. The average molecular weight is 562 g/mol. The number of hydrogen-bond acceptors (Lipinski definition) is 10. The summed E-state index contributed by atoms with van der Waals surface area (Å²) in [7, 11) is -4.40. The number of carbonyl (C=O) groups excluding carboxylic acids is 1. The number of imidazole rings is 1. The average Bonchev–Trinajstić information content (AvgIpc) is 3.52. The van der Waals surface area contributed by atoms with Gasteiger partial charge in [0.25, 0.3) is 0 Å². The van der Waals surface area contributed by atoms with Crippen molar-refractivity contribution in [2.75, 3.05) is 11.9 Å². The van der Waals surface area contributed by atoms with Crippen molar-refractivity contribution < 1.29 is 27.6 Å². The van der Waals surface area contributed by atoms with E-state index in [2.05, 4.69) is 19.9 Å². The molecule has 2 aliphatic rings. The first-order valence-electron chi connectivity index (χ1n) is 12.1. The van der Waals surface area contributed by atoms with Crippen LogP contribution in [0.15, 0.2) is 18.6 Å². The third-order valence-electron chi connectivity index (χ3n) is 7.09. The maximum Gasteiger partial charge on any atom is 0.333 e. The van der Waals surface area contributed by atoms with Gasteiger partial charge in [-0.3, -0.25) is 9.35 Å². The van der Waals surface area contributed by atoms with Gasteiger partial charge >= 0.3 is 10.3 Å². The number of aryl methyl sites for hydroxylation is 2. The highest BCUT2D eigenvalue weighted by Crippen LogP contribution is 2.37. The van der Waals surface area contributed by atoms with Crippen LogP contribution < -0.4 is 10.0 Å². The molecule has 3 aromatic rings. The number of thiophene rings is 1. The molecular weight excluding hydrogens is 532 g/mol. The minimum Gasteiger partial charge on any atom is -0.393 e. The van der Waals surface area contributed by atoms with E-state index in [1.807, 2.05) is 31.6 Å². The van der Waals surface area contributed by atoms with Crippen LogP contribution in [0.25, 0.3) is 0 Å². The third-order valence-corrected chi connectivity index (χ3v) is 8.59. The maximum absolute atomic E-state index is 13.6. The van der Waals surface area contributed by atoms with Crippen LogP contribution in [0.1, 0.15) is 61.8 Å². The quantitative estimate of drug-likeness (QED) is 0.236. The molecule has 0 bridgehead atoms. The molecule has 4 heterocycles. The number of ketones is 1. The summed E-state index contributed by atoms with van der Waals surface area (Å²) < 4.78 is 41.0. The molecule has 0 amide bonds. The van der Waals surface area contributed by atoms with Gasteiger partial charge in [-0.05, 0) is 39.7 Å². The van der Waals surface area contributed by atoms with Crippen molar-refractivity contribution in [3.05, 3.63) is 63.2 Å². The summed E-state index contributed by atoms with van der Waals surface area (Å²) in [6, 6.07) is 1.57. The number of aromatic nitrogens is 4. The van der Waals surface area contributed by atoms with Gasteiger partial charge in [0.15, 0.2) is 0 Å². The predicted octanol–water partition coefficient (Wildman–Crippen LogP) is 2.12. The number of rotatable bonds is 8. The smallest absolute Gasteiger partial charge is 0.333 e. The lowest BCUT2D eigenvalue weighted by Gasteiger charge is -2.25. The molecule has 203 valence electrons. The van der Waals surface area contributed by atoms with Crippen molar-refractivity contribution in [2.24, 2.45) is 5.92 Å². The van der Waals surface area contributed by atoms with Gasteiger partial charge in [-0.25, -0.2) is 15.0 Å². The van der Waals surface area contributed by atoms with Crippen molar-refractivity contribution in [1.82, 2.24) is 24.2 Å². The van der Waals surface area contributed by atoms with Crippen molar-refractivity contribution in [3.63, 3.8) is 0 Å². The fourth-order valence-corrected chi connectivity index (χ4v) is 6.40. The highest BCUT2D eigenvalue weighted by molar-refractivity contribution is 7.83. The molecule has 12 nitrogen and oxygen atoms in total. The third kappa shape index (κ3) is 5.37. The number of anilines is 1. The molecule has 0 unspecified atom stereocenters. The predicted molar refractivity (Wildman–Crippen MR) is 139 cm³/mol. The first-order chi connectivity index (χ1) is 18.0. The number of aliphatic hydroxyl groups is 1. The van der Waals surface area contributed by atoms with Gasteiger partial charge in [0.1, 0.15) is 24.1 Å². The number of aliphatic hydroxyl groups excluding tert-OH is 1. The first-order valence-corrected chi connectivity index (χ1v) is 14.4. The number of nitrogens with one attached hydrogen (secondary N) is 2. The monoisotopic (exact) mass is 561 g/mol. The van der Waals surface area contributed by atoms with E-state index in [9.17, 15) is 18.3 Å². The molecule has 1 radical (unpaired) electrons. The Balaban J connectivity index is 1.35. The Morgan fingerprint density at radius 2 is 2.08 bits per heavy atom. The van der Waals surface area contributed by atoms with Crippen LogP contribution in [-0.2, 0) is 21.6 Å². The van der Waals surface area contributed by atoms with Crippen LogP contribution in [0.3, 0.4) is 0 Å². The zero-order valence-electron chi connectivity index (χ0n) is 21.1. The highest BCUT2D eigenvalue weighted by Gasteiger charge is 2.35. The summed E-state index contributed by atoms with van der Waals surface area (Å²) in [5.41, 5.74) is 3.26. The Morgan fingerprint density at radius 3 is 2.84 bits per heavy atom. The molecule has 1 aliphatic heterocycles. The van der Waals surface area contributed by atoms with Gasteiger partial charge in [-0.2, -0.15) is 13.1 Å². The molecule has 14 heteroatoms. The largest absolute Gasteiger partial charge is 0.393 e. The van der Waals surface area contributed by atoms with E-state index >= 15 is 0 Å². The fraction of sp³-hybridized carbons (Fsp3) is 0.458. The van der Waals surface area contributed by atoms with Gasteiger partial charge in [-0.1, -0.05) is 0 Å². The summed E-state index contributed by atoms with van der Waals surface area (Å²) in [4.78, 5) is 28.1. The van der Waals surface area contributed by atoms with Gasteiger partial charge in [-0.15, -0.1) is 11.3 Å². The van der Waals surface area contributed by atoms with Gasteiger partial charge in [0, 0.05) is 47.4 Å². The molecule has 1 saturated carbocycles. The van der Waals surface area contributed by atoms with Gasteiger partial charge < -0.3 is 19.7 Å². The molecule has 1 fully saturated rings. The first kappa shape index (κ1) is 26.8. The van der Waals surface area contributed by atoms with Crippen LogP contribution in [0.2, 0.25) is 0 Å². The SMILES string of the molecule is Cc1nc2n(c1C)CCO[C@@H]2c1cc(C(=O)c2cncnc2N[C@H]2C[C@H](O)[C@@H]([CH]NS(=O)(=O)O)C2)sc1C. The summed E-state index contributed by atoms with van der Waals surface area (Å²) >= 11 is 1.37. The van der Waals surface area contributed by atoms with E-state index in [1.54, 1.807) is 0 Å². The van der Waals surface area contributed by atoms with Crippen molar-refractivity contribution in [1.29, 1.82) is 0 Å². The van der Waals surface area contributed by atoms with Gasteiger partial charge in [0.05, 0.1) is 28.8 Å². The van der Waals surface area contributed by atoms with E-state index in [-0.39, 0.29) is 23.5 Å². The van der Waals surface area contributed by atoms with E-state index in [1.165, 1.54) is 23.9 Å². The molecular formula is C24H29N6O6S2. The number of ether oxygens (including phenoxy) is 1. The lowest BCUT2D eigenvalue weighted by Crippen LogP contribution is -2.27. The van der Waals surface area contributed by atoms with Crippen LogP contribution in [-0.4, -0.2) is 62.1 Å². The van der Waals surface area contributed by atoms with Crippen LogP contribution in [0.4, 0.5) is 5.82 Å². The summed E-state index contributed by atoms with van der Waals surface area (Å²) in [5.74, 6) is 0.405. The summed E-state index contributed by atoms with van der Waals surface area (Å²) in [6.07, 6.45) is 2.27. The lowest BCUT2D eigenvalue weighted by atomic mass is 10.1. The minimum atomic E-state index is -4.40. The molecule has 0 saturated heterocycles. The molecule has 3 aromatic heterocycles. The van der Waals surface area contributed by atoms with E-state index in [0.717, 1.165) is 40.7 Å². The fourth-order valence-electron chi connectivity index (χ4n) is 5.05. The summed E-state index contributed by atoms with van der Waals surface area (Å²) in [6.45, 7) is 8.43. The molecule has 0 aromatic carbocycles. The topological polar surface area (TPSA) is 169 Å². The second-order valence-corrected chi connectivity index (χ2v) is 12.0. The molecule has 4 atom stereocenters. The van der Waals surface area contributed by atoms with Crippen LogP contribution in [0, 0.1) is 33.2 Å². The van der Waals surface area contributed by atoms with Crippen LogP contribution >= 0.6 is 11.3 Å². The van der Waals surface area contributed by atoms with E-state index in [0.29, 0.717) is 30.1 Å². The number of nitrogens with zero attached hydrogens (tertiary/aromatic N) is 4. The van der Waals surface area contributed by atoms with E-state index < -0.39 is 22.3 Å². The Kier molecular flexibility index (Phi) is 7.37. The molecule has 38 heavy (non-hydrogen) atoms. The normalized spacial score (nSPS) is 23.4. The Hall–Kier alpha value is -2.75. The Bertz CT molecular complexity index is 1470. The second kappa shape index (κ2) is 10.4. The Labute approximate surface area is 224 Å². The Morgan fingerprint density at radius 1 is 1.29 bits per heavy atom. The summed E-state index contributed by atoms with van der Waals surface area (Å²) in [5, 5.41) is 13.5. The molecule has 5 rings (SSSR count). The zero-order chi connectivity index (χ0) is 27.2. The number of fused-ring (bicyclic) bond motifs is 1. The number of hydrogen-bond donors (Lipinski definition) is 4. The van der Waals surface area contributed by atoms with Crippen molar-refractivity contribution in [3.8, 4) is 0 Å². The standard InChI is InChI=1S/C24H29N6O6S2/c1-12-13(2)30-4-5-36-22(24(30)28-12)17-8-20(37-14(17)3)21(32)18-10-25-11-26-23(18)29-16-6-15(19(31)7-16)9-27-38(33,34)35/h8-11,15-16,19,22,27,31H,4-7H2,1-3H3,(H,25,26,29)(H,33,34,35)/t15-,16-,19+,22-/m1/s1. The zero-order valence-corrected chi connectivity index (χ0v) is 22.7. The minimum absolute atomic E-state index is 0.242. The van der Waals surface area contributed by atoms with Crippen molar-refractivity contribution >= 4 is 33.2 Å². The lowest BCUT2D eigenvalue weighted by molar-refractivity contribution is 0.0423. The van der Waals surface area contributed by atoms with Crippen molar-refractivity contribution in [2.45, 2.75) is 58.4 Å². The molecule has 1 aliphatic carbocycles. The van der Waals surface area contributed by atoms with Gasteiger partial charge in [0.2, 0.25) is 5.78 Å². The number of carbonyl (C=O) groups is 1. The maximum atomic E-state index is 13.6. The second-order valence-electron chi connectivity index (χ2n) is 9.58. The molecule has 0 spiro atoms.